The number of hydrogen-bond donors (Lipinski definition) is 1. The molecule has 2 aromatic heterocycles. The molecule has 1 saturated carbocycles. The molecule has 0 aromatic carbocycles. The molecule has 0 radical (unpaired) electrons. The van der Waals surface area contributed by atoms with Gasteiger partial charge in [-0.05, 0) is 49.0 Å². The number of nitrogens with one attached hydrogen (secondary N) is 1. The Kier molecular flexibility index (Phi) is 7.34. The number of pyridine rings is 1. The average molecular weight is 579 g/mol. The van der Waals surface area contributed by atoms with Crippen LogP contribution >= 0.6 is 12.2 Å². The fourth-order valence-corrected chi connectivity index (χ4v) is 7.26. The van der Waals surface area contributed by atoms with Crippen molar-refractivity contribution in [2.45, 2.75) is 56.6 Å². The second-order valence-electron chi connectivity index (χ2n) is 11.3. The molecule has 40 heavy (non-hydrogen) atoms. The Labute approximate surface area is 236 Å². The van der Waals surface area contributed by atoms with E-state index in [4.69, 9.17) is 21.7 Å². The first-order valence-electron chi connectivity index (χ1n) is 13.7. The third-order valence-corrected chi connectivity index (χ3v) is 9.48. The van der Waals surface area contributed by atoms with Crippen LogP contribution in [0.25, 0.3) is 0 Å². The van der Waals surface area contributed by atoms with Crippen LogP contribution in [0, 0.1) is 11.3 Å². The number of carbonyl (C=O) groups is 1. The van der Waals surface area contributed by atoms with Crippen LogP contribution in [0.3, 0.4) is 0 Å². The third kappa shape index (κ3) is 5.01. The van der Waals surface area contributed by atoms with E-state index < -0.39 is 17.2 Å². The van der Waals surface area contributed by atoms with Gasteiger partial charge in [-0.25, -0.2) is 4.98 Å². The second kappa shape index (κ2) is 10.7. The standard InChI is InChI=1S/C27H33F3N6O3S/c1-38-23-14-39-7-3-22(23)33-20-9-19-13-36(25(40)35-6-4-31-16-35)15-26(19,10-20)24(37)34-5-2-21-17(12-34)8-18(11-32-21)27(28,29)30/h4,6,8,11,16,19-20,22-23,33H,2-3,5,7,9-10,12-15H2,1H3. The van der Waals surface area contributed by atoms with Crippen molar-refractivity contribution in [2.75, 3.05) is 40.0 Å². The minimum Gasteiger partial charge on any atom is -0.379 e. The summed E-state index contributed by atoms with van der Waals surface area (Å²) in [6, 6.07) is 1.38. The molecule has 3 fully saturated rings. The summed E-state index contributed by atoms with van der Waals surface area (Å²) in [7, 11) is 1.69. The predicted molar refractivity (Wildman–Crippen MR) is 142 cm³/mol. The lowest BCUT2D eigenvalue weighted by Gasteiger charge is -2.38. The molecule has 3 aliphatic heterocycles. The number of alkyl halides is 3. The summed E-state index contributed by atoms with van der Waals surface area (Å²) in [5.41, 5.74) is -0.410. The summed E-state index contributed by atoms with van der Waals surface area (Å²) in [6.07, 6.45) is 4.12. The maximum atomic E-state index is 14.4. The topological polar surface area (TPSA) is 84.8 Å². The number of rotatable bonds is 4. The largest absolute Gasteiger partial charge is 0.417 e. The number of likely N-dealkylation sites (tertiary alicyclic amines) is 1. The highest BCUT2D eigenvalue weighted by Gasteiger charge is 2.59. The van der Waals surface area contributed by atoms with E-state index in [9.17, 15) is 18.0 Å². The van der Waals surface area contributed by atoms with Crippen molar-refractivity contribution in [2.24, 2.45) is 11.3 Å². The van der Waals surface area contributed by atoms with E-state index in [1.54, 1.807) is 35.3 Å². The zero-order valence-corrected chi connectivity index (χ0v) is 23.1. The number of halogens is 3. The number of hydrogen-bond acceptors (Lipinski definition) is 7. The lowest BCUT2D eigenvalue weighted by molar-refractivity contribution is -0.143. The number of ether oxygens (including phenoxy) is 2. The van der Waals surface area contributed by atoms with E-state index in [0.29, 0.717) is 62.1 Å². The molecule has 5 unspecified atom stereocenters. The van der Waals surface area contributed by atoms with Crippen LogP contribution in [0.1, 0.15) is 36.1 Å². The van der Waals surface area contributed by atoms with Gasteiger partial charge in [-0.15, -0.1) is 0 Å². The molecule has 5 atom stereocenters. The molecule has 0 bridgehead atoms. The Hall–Kier alpha value is -2.61. The van der Waals surface area contributed by atoms with Crippen molar-refractivity contribution in [3.63, 3.8) is 0 Å². The van der Waals surface area contributed by atoms with Crippen molar-refractivity contribution in [3.8, 4) is 0 Å². The maximum absolute atomic E-state index is 14.4. The Bertz CT molecular complexity index is 1260. The number of fused-ring (bicyclic) bond motifs is 2. The van der Waals surface area contributed by atoms with E-state index in [0.717, 1.165) is 25.1 Å². The normalized spacial score (nSPS) is 30.3. The van der Waals surface area contributed by atoms with Crippen molar-refractivity contribution in [1.82, 2.24) is 29.7 Å². The molecule has 216 valence electrons. The fourth-order valence-electron chi connectivity index (χ4n) is 7.02. The molecule has 0 spiro atoms. The van der Waals surface area contributed by atoms with E-state index in [-0.39, 0.29) is 36.6 Å². The minimum atomic E-state index is -4.48. The smallest absolute Gasteiger partial charge is 0.379 e. The molecule has 5 heterocycles. The average Bonchev–Trinajstić information content (AvgIpc) is 3.67. The van der Waals surface area contributed by atoms with Gasteiger partial charge in [0.1, 0.15) is 6.33 Å². The summed E-state index contributed by atoms with van der Waals surface area (Å²) in [6.45, 7) is 2.82. The molecule has 6 rings (SSSR count). The number of amides is 1. The van der Waals surface area contributed by atoms with Crippen molar-refractivity contribution in [1.29, 1.82) is 0 Å². The molecule has 9 nitrogen and oxygen atoms in total. The van der Waals surface area contributed by atoms with Gasteiger partial charge in [0.25, 0.3) is 0 Å². The van der Waals surface area contributed by atoms with Gasteiger partial charge < -0.3 is 24.6 Å². The first-order valence-corrected chi connectivity index (χ1v) is 14.1. The molecule has 2 saturated heterocycles. The lowest BCUT2D eigenvalue weighted by atomic mass is 9.78. The van der Waals surface area contributed by atoms with Gasteiger partial charge in [0.15, 0.2) is 5.11 Å². The zero-order chi connectivity index (χ0) is 28.1. The van der Waals surface area contributed by atoms with Crippen LogP contribution in [-0.4, -0.2) is 93.5 Å². The summed E-state index contributed by atoms with van der Waals surface area (Å²) >= 11 is 5.76. The molecule has 1 amide bonds. The Balaban J connectivity index is 1.25. The summed E-state index contributed by atoms with van der Waals surface area (Å²) in [4.78, 5) is 26.4. The molecule has 13 heteroatoms. The van der Waals surface area contributed by atoms with E-state index >= 15 is 0 Å². The highest BCUT2D eigenvalue weighted by atomic mass is 32.1. The van der Waals surface area contributed by atoms with Gasteiger partial charge in [0.05, 0.1) is 23.7 Å². The van der Waals surface area contributed by atoms with Gasteiger partial charge in [0, 0.05) is 82.7 Å². The number of nitrogens with zero attached hydrogens (tertiary/aromatic N) is 5. The van der Waals surface area contributed by atoms with Crippen LogP contribution in [0.4, 0.5) is 13.2 Å². The Morgan fingerprint density at radius 2 is 2.17 bits per heavy atom. The maximum Gasteiger partial charge on any atom is 0.417 e. The first kappa shape index (κ1) is 27.6. The fraction of sp³-hybridized carbons (Fsp3) is 0.630. The monoisotopic (exact) mass is 578 g/mol. The van der Waals surface area contributed by atoms with Gasteiger partial charge in [-0.2, -0.15) is 13.2 Å². The molecular weight excluding hydrogens is 545 g/mol. The minimum absolute atomic E-state index is 0.0175. The number of imidazole rings is 1. The number of aromatic nitrogens is 3. The van der Waals surface area contributed by atoms with Gasteiger partial charge in [-0.3, -0.25) is 14.3 Å². The first-order chi connectivity index (χ1) is 19.2. The molecule has 1 aliphatic carbocycles. The van der Waals surface area contributed by atoms with Crippen LogP contribution in [0.5, 0.6) is 0 Å². The van der Waals surface area contributed by atoms with Crippen LogP contribution in [0.15, 0.2) is 31.0 Å². The van der Waals surface area contributed by atoms with Gasteiger partial charge >= 0.3 is 6.18 Å². The summed E-state index contributed by atoms with van der Waals surface area (Å²) in [5.74, 6) is 0.0249. The zero-order valence-electron chi connectivity index (χ0n) is 22.3. The van der Waals surface area contributed by atoms with Crippen LogP contribution in [-0.2, 0) is 33.4 Å². The van der Waals surface area contributed by atoms with Gasteiger partial charge in [0.2, 0.25) is 5.91 Å². The van der Waals surface area contributed by atoms with Crippen LogP contribution in [0.2, 0.25) is 0 Å². The lowest BCUT2D eigenvalue weighted by Crippen LogP contribution is -2.52. The molecule has 2 aromatic rings. The number of methoxy groups -OCH3 is 1. The molecule has 4 aliphatic rings. The number of thiocarbonyl (C=S) groups is 1. The highest BCUT2D eigenvalue weighted by Crippen LogP contribution is 2.51. The van der Waals surface area contributed by atoms with E-state index in [1.807, 2.05) is 0 Å². The quantitative estimate of drug-likeness (QED) is 0.555. The Morgan fingerprint density at radius 3 is 2.92 bits per heavy atom. The third-order valence-electron chi connectivity index (χ3n) is 9.01. The molecule has 1 N–H and O–H groups in total. The Morgan fingerprint density at radius 1 is 1.32 bits per heavy atom. The van der Waals surface area contributed by atoms with Gasteiger partial charge in [-0.1, -0.05) is 0 Å². The highest BCUT2D eigenvalue weighted by molar-refractivity contribution is 7.80. The summed E-state index contributed by atoms with van der Waals surface area (Å²) < 4.78 is 53.2. The molecular formula is C27H33F3N6O3S. The van der Waals surface area contributed by atoms with E-state index in [1.165, 1.54) is 0 Å². The van der Waals surface area contributed by atoms with Crippen molar-refractivity contribution < 1.29 is 27.4 Å². The predicted octanol–water partition coefficient (Wildman–Crippen LogP) is 2.49. The van der Waals surface area contributed by atoms with E-state index in [2.05, 4.69) is 20.2 Å². The summed E-state index contributed by atoms with van der Waals surface area (Å²) in [5, 5.41) is 4.36. The second-order valence-corrected chi connectivity index (χ2v) is 11.7. The number of carbonyl (C=O) groups excluding carboxylic acids is 1. The SMILES string of the molecule is COC1COCCC1NC1CC2CN(C(=S)n3ccnc3)CC2(C(=O)N2CCc3ncc(C(F)(F)F)cc3C2)C1. The van der Waals surface area contributed by atoms with Crippen molar-refractivity contribution >= 4 is 23.2 Å². The van der Waals surface area contributed by atoms with Crippen molar-refractivity contribution in [3.05, 3.63) is 47.8 Å². The van der Waals surface area contributed by atoms with Crippen LogP contribution < -0.4 is 5.32 Å².